The molecule has 0 spiro atoms. The molecule has 6 nitrogen and oxygen atoms in total. The van der Waals surface area contributed by atoms with Crippen molar-refractivity contribution in [3.63, 3.8) is 0 Å². The number of nitrogens with zero attached hydrogens (tertiary/aromatic N) is 2. The lowest BCUT2D eigenvalue weighted by Gasteiger charge is -2.27. The van der Waals surface area contributed by atoms with E-state index in [0.717, 1.165) is 23.6 Å². The minimum atomic E-state index is 0.0328. The predicted molar refractivity (Wildman–Crippen MR) is 137 cm³/mol. The Bertz CT molecular complexity index is 1100. The molecular weight excluding hydrogens is 444 g/mol. The second kappa shape index (κ2) is 12.0. The Balaban J connectivity index is 1.42. The van der Waals surface area contributed by atoms with Gasteiger partial charge in [0.25, 0.3) is 0 Å². The number of benzene rings is 2. The summed E-state index contributed by atoms with van der Waals surface area (Å²) in [5, 5.41) is 10.6. The number of carbonyl (C=O) groups is 1. The zero-order valence-electron chi connectivity index (χ0n) is 19.8. The number of H-pyrrole nitrogens is 1. The van der Waals surface area contributed by atoms with Crippen molar-refractivity contribution in [3.8, 4) is 17.1 Å². The van der Waals surface area contributed by atoms with Gasteiger partial charge < -0.3 is 10.1 Å². The van der Waals surface area contributed by atoms with Gasteiger partial charge in [0.05, 0.1) is 12.6 Å². The highest BCUT2D eigenvalue weighted by molar-refractivity contribution is 7.71. The molecule has 1 aromatic heterocycles. The summed E-state index contributed by atoms with van der Waals surface area (Å²) in [4.78, 5) is 13.0. The molecule has 1 unspecified atom stereocenters. The van der Waals surface area contributed by atoms with Crippen molar-refractivity contribution in [2.75, 3.05) is 6.61 Å². The molecule has 2 aromatic carbocycles. The molecular formula is C27H34N4O2S. The first-order valence-corrected chi connectivity index (χ1v) is 12.8. The quantitative estimate of drug-likeness (QED) is 0.339. The second-order valence-electron chi connectivity index (χ2n) is 8.98. The Morgan fingerprint density at radius 3 is 2.59 bits per heavy atom. The molecule has 180 valence electrons. The van der Waals surface area contributed by atoms with Crippen LogP contribution >= 0.6 is 12.2 Å². The molecule has 0 saturated heterocycles. The zero-order chi connectivity index (χ0) is 23.8. The van der Waals surface area contributed by atoms with Gasteiger partial charge in [-0.3, -0.25) is 14.5 Å². The predicted octanol–water partition coefficient (Wildman–Crippen LogP) is 6.22. The van der Waals surface area contributed by atoms with E-state index >= 15 is 0 Å². The lowest BCUT2D eigenvalue weighted by atomic mass is 9.83. The van der Waals surface area contributed by atoms with Crippen LogP contribution in [0.4, 0.5) is 0 Å². The van der Waals surface area contributed by atoms with Crippen LogP contribution in [-0.2, 0) is 11.3 Å². The standard InChI is InChI=1S/C27H34N4O2S/c1-2-33-23-15-13-22(14-16-23)26-29-30-27(34)31(26)18-17-25(32)28-24(21-11-7-4-8-12-21)19-20-9-5-3-6-10-20/h4,7-8,11-16,20,24H,2-3,5-6,9-10,17-19H2,1H3,(H,28,32)(H,30,34). The maximum Gasteiger partial charge on any atom is 0.222 e. The fourth-order valence-corrected chi connectivity index (χ4v) is 5.04. The number of ether oxygens (including phenoxy) is 1. The summed E-state index contributed by atoms with van der Waals surface area (Å²) in [7, 11) is 0. The lowest BCUT2D eigenvalue weighted by molar-refractivity contribution is -0.122. The molecule has 7 heteroatoms. The molecule has 1 atom stereocenters. The van der Waals surface area contributed by atoms with Gasteiger partial charge >= 0.3 is 0 Å². The van der Waals surface area contributed by atoms with Gasteiger partial charge in [0.1, 0.15) is 5.75 Å². The van der Waals surface area contributed by atoms with E-state index in [2.05, 4.69) is 27.6 Å². The number of carbonyl (C=O) groups excluding carboxylic acids is 1. The number of aromatic nitrogens is 3. The first-order valence-electron chi connectivity index (χ1n) is 12.4. The summed E-state index contributed by atoms with van der Waals surface area (Å²) < 4.78 is 7.93. The van der Waals surface area contributed by atoms with Crippen molar-refractivity contribution < 1.29 is 9.53 Å². The molecule has 34 heavy (non-hydrogen) atoms. The van der Waals surface area contributed by atoms with Crippen LogP contribution in [0.1, 0.15) is 63.5 Å². The average Bonchev–Trinajstić information content (AvgIpc) is 3.24. The number of hydrogen-bond donors (Lipinski definition) is 2. The summed E-state index contributed by atoms with van der Waals surface area (Å²) in [6, 6.07) is 18.1. The largest absolute Gasteiger partial charge is 0.494 e. The third-order valence-corrected chi connectivity index (χ3v) is 6.89. The molecule has 0 aliphatic heterocycles. The normalized spacial score (nSPS) is 15.1. The summed E-state index contributed by atoms with van der Waals surface area (Å²) in [5.74, 6) is 2.25. The molecule has 0 radical (unpaired) electrons. The van der Waals surface area contributed by atoms with Gasteiger partial charge in [-0.2, -0.15) is 5.10 Å². The molecule has 2 N–H and O–H groups in total. The van der Waals surface area contributed by atoms with Crippen molar-refractivity contribution in [2.45, 2.75) is 64.5 Å². The van der Waals surface area contributed by atoms with E-state index in [1.165, 1.54) is 37.7 Å². The van der Waals surface area contributed by atoms with Gasteiger partial charge in [0, 0.05) is 18.5 Å². The Hall–Kier alpha value is -2.93. The highest BCUT2D eigenvalue weighted by Crippen LogP contribution is 2.32. The number of aromatic amines is 1. The Labute approximate surface area is 206 Å². The minimum Gasteiger partial charge on any atom is -0.494 e. The van der Waals surface area contributed by atoms with E-state index in [9.17, 15) is 4.79 Å². The van der Waals surface area contributed by atoms with E-state index in [-0.39, 0.29) is 11.9 Å². The minimum absolute atomic E-state index is 0.0328. The number of amides is 1. The first kappa shape index (κ1) is 24.2. The summed E-state index contributed by atoms with van der Waals surface area (Å²) in [6.07, 6.45) is 7.79. The Morgan fingerprint density at radius 2 is 1.88 bits per heavy atom. The van der Waals surface area contributed by atoms with Crippen molar-refractivity contribution in [1.29, 1.82) is 0 Å². The fraction of sp³-hybridized carbons (Fsp3) is 0.444. The second-order valence-corrected chi connectivity index (χ2v) is 9.37. The highest BCUT2D eigenvalue weighted by atomic mass is 32.1. The van der Waals surface area contributed by atoms with E-state index in [4.69, 9.17) is 17.0 Å². The fourth-order valence-electron chi connectivity index (χ4n) is 4.81. The molecule has 3 aromatic rings. The van der Waals surface area contributed by atoms with Crippen molar-refractivity contribution in [1.82, 2.24) is 20.1 Å². The van der Waals surface area contributed by atoms with Gasteiger partial charge in [0.2, 0.25) is 5.91 Å². The van der Waals surface area contributed by atoms with Crippen molar-refractivity contribution in [2.24, 2.45) is 5.92 Å². The molecule has 1 fully saturated rings. The van der Waals surface area contributed by atoms with Crippen LogP contribution in [0.3, 0.4) is 0 Å². The number of rotatable bonds is 10. The van der Waals surface area contributed by atoms with Crippen LogP contribution in [0, 0.1) is 10.7 Å². The number of hydrogen-bond acceptors (Lipinski definition) is 4. The van der Waals surface area contributed by atoms with Crippen LogP contribution in [0.5, 0.6) is 5.75 Å². The summed E-state index contributed by atoms with van der Waals surface area (Å²) in [5.41, 5.74) is 2.10. The Kier molecular flexibility index (Phi) is 8.52. The third-order valence-electron chi connectivity index (χ3n) is 6.58. The maximum absolute atomic E-state index is 13.0. The maximum atomic E-state index is 13.0. The van der Waals surface area contributed by atoms with Gasteiger partial charge in [-0.05, 0) is 61.3 Å². The van der Waals surface area contributed by atoms with Gasteiger partial charge in [-0.25, -0.2) is 0 Å². The van der Waals surface area contributed by atoms with Gasteiger partial charge in [-0.1, -0.05) is 62.4 Å². The van der Waals surface area contributed by atoms with Crippen molar-refractivity contribution >= 4 is 18.1 Å². The Morgan fingerprint density at radius 1 is 1.15 bits per heavy atom. The topological polar surface area (TPSA) is 71.9 Å². The van der Waals surface area contributed by atoms with Crippen LogP contribution in [0.25, 0.3) is 11.4 Å². The zero-order valence-corrected chi connectivity index (χ0v) is 20.7. The molecule has 1 aliphatic rings. The monoisotopic (exact) mass is 478 g/mol. The van der Waals surface area contributed by atoms with E-state index in [1.54, 1.807) is 0 Å². The smallest absolute Gasteiger partial charge is 0.222 e. The summed E-state index contributed by atoms with van der Waals surface area (Å²) in [6.45, 7) is 3.05. The molecule has 1 heterocycles. The third kappa shape index (κ3) is 6.35. The van der Waals surface area contributed by atoms with Crippen LogP contribution < -0.4 is 10.1 Å². The summed E-state index contributed by atoms with van der Waals surface area (Å²) >= 11 is 5.45. The van der Waals surface area contributed by atoms with Gasteiger partial charge in [-0.15, -0.1) is 0 Å². The van der Waals surface area contributed by atoms with Gasteiger partial charge in [0.15, 0.2) is 10.6 Å². The van der Waals surface area contributed by atoms with Crippen LogP contribution in [-0.4, -0.2) is 27.3 Å². The first-order chi connectivity index (χ1) is 16.6. The van der Waals surface area contributed by atoms with Crippen LogP contribution in [0.2, 0.25) is 0 Å². The molecule has 4 rings (SSSR count). The van der Waals surface area contributed by atoms with Crippen molar-refractivity contribution in [3.05, 3.63) is 64.9 Å². The molecule has 1 saturated carbocycles. The SMILES string of the molecule is CCOc1ccc(-c2n[nH]c(=S)n2CCC(=O)NC(CC2CCCCC2)c2ccccc2)cc1. The molecule has 0 bridgehead atoms. The molecule has 1 amide bonds. The lowest BCUT2D eigenvalue weighted by Crippen LogP contribution is -2.31. The van der Waals surface area contributed by atoms with E-state index in [0.29, 0.717) is 30.3 Å². The van der Waals surface area contributed by atoms with E-state index in [1.807, 2.05) is 54.0 Å². The average molecular weight is 479 g/mol. The molecule has 1 aliphatic carbocycles. The van der Waals surface area contributed by atoms with Crippen LogP contribution in [0.15, 0.2) is 54.6 Å². The van der Waals surface area contributed by atoms with E-state index < -0.39 is 0 Å². The highest BCUT2D eigenvalue weighted by Gasteiger charge is 2.22. The number of nitrogens with one attached hydrogen (secondary N) is 2.